The van der Waals surface area contributed by atoms with Crippen LogP contribution in [0, 0.1) is 11.3 Å². The first kappa shape index (κ1) is 34.0. The van der Waals surface area contributed by atoms with Gasteiger partial charge in [0.05, 0.1) is 28.2 Å². The van der Waals surface area contributed by atoms with E-state index in [9.17, 15) is 10.1 Å². The van der Waals surface area contributed by atoms with Gasteiger partial charge < -0.3 is 4.52 Å². The second-order valence-corrected chi connectivity index (χ2v) is 12.3. The lowest BCUT2D eigenvalue weighted by molar-refractivity contribution is -0.0719. The SMILES string of the molecule is CONN(C(=O)c1ccc(C(CCC#N)OPN(C(C)C)C(C)C)cc1)C(c1ccccc1)(c1ccccc1)c1ccccc1. The van der Waals surface area contributed by atoms with E-state index in [1.807, 2.05) is 115 Å². The van der Waals surface area contributed by atoms with Crippen molar-refractivity contribution < 1.29 is 14.2 Å². The van der Waals surface area contributed by atoms with Gasteiger partial charge >= 0.3 is 0 Å². The minimum absolute atomic E-state index is 0.156. The summed E-state index contributed by atoms with van der Waals surface area (Å²) < 4.78 is 8.70. The number of nitriles is 1. The maximum Gasteiger partial charge on any atom is 0.271 e. The van der Waals surface area contributed by atoms with Gasteiger partial charge in [0.2, 0.25) is 0 Å². The number of carbonyl (C=O) groups excluding carboxylic acids is 1. The van der Waals surface area contributed by atoms with Crippen molar-refractivity contribution in [3.05, 3.63) is 143 Å². The number of hydrogen-bond donors (Lipinski definition) is 1. The van der Waals surface area contributed by atoms with Crippen LogP contribution >= 0.6 is 8.96 Å². The summed E-state index contributed by atoms with van der Waals surface area (Å²) in [5.74, 6) is -0.276. The third kappa shape index (κ3) is 7.86. The monoisotopic (exact) mass is 622 g/mol. The summed E-state index contributed by atoms with van der Waals surface area (Å²) in [5, 5.41) is 10.9. The first-order chi connectivity index (χ1) is 21.8. The van der Waals surface area contributed by atoms with Gasteiger partial charge in [-0.25, -0.2) is 5.01 Å². The molecule has 1 N–H and O–H groups in total. The van der Waals surface area contributed by atoms with Crippen molar-refractivity contribution in [1.82, 2.24) is 15.3 Å². The highest BCUT2D eigenvalue weighted by Gasteiger charge is 2.45. The van der Waals surface area contributed by atoms with E-state index in [2.05, 4.69) is 44.0 Å². The molecule has 234 valence electrons. The molecule has 0 saturated heterocycles. The van der Waals surface area contributed by atoms with Gasteiger partial charge in [0.25, 0.3) is 5.91 Å². The van der Waals surface area contributed by atoms with Crippen molar-refractivity contribution in [2.24, 2.45) is 0 Å². The van der Waals surface area contributed by atoms with E-state index in [1.54, 1.807) is 5.01 Å². The highest BCUT2D eigenvalue weighted by molar-refractivity contribution is 7.29. The quantitative estimate of drug-likeness (QED) is 0.0819. The molecule has 4 aromatic rings. The summed E-state index contributed by atoms with van der Waals surface area (Å²) in [6.45, 7) is 8.62. The minimum Gasteiger partial charge on any atom is -0.338 e. The lowest BCUT2D eigenvalue weighted by Crippen LogP contribution is -2.57. The summed E-state index contributed by atoms with van der Waals surface area (Å²) in [7, 11) is 1.66. The zero-order valence-corrected chi connectivity index (χ0v) is 27.7. The van der Waals surface area contributed by atoms with E-state index >= 15 is 0 Å². The zero-order chi connectivity index (χ0) is 32.2. The van der Waals surface area contributed by atoms with E-state index in [1.165, 1.54) is 7.11 Å². The Bertz CT molecular complexity index is 1410. The van der Waals surface area contributed by atoms with E-state index in [0.717, 1.165) is 22.3 Å². The van der Waals surface area contributed by atoms with E-state index < -0.39 is 5.54 Å². The van der Waals surface area contributed by atoms with Crippen molar-refractivity contribution in [3.8, 4) is 6.07 Å². The summed E-state index contributed by atoms with van der Waals surface area (Å²) in [4.78, 5) is 20.1. The molecule has 2 atom stereocenters. The first-order valence-corrected chi connectivity index (χ1v) is 16.2. The molecule has 0 aromatic heterocycles. The summed E-state index contributed by atoms with van der Waals surface area (Å²) in [5.41, 5.74) is 5.95. The van der Waals surface area contributed by atoms with Crippen LogP contribution in [0.5, 0.6) is 0 Å². The molecular formula is C37H43N4O3P. The molecule has 45 heavy (non-hydrogen) atoms. The second-order valence-electron chi connectivity index (χ2n) is 11.4. The fraction of sp³-hybridized carbons (Fsp3) is 0.297. The van der Waals surface area contributed by atoms with Gasteiger partial charge in [-0.05, 0) is 68.5 Å². The predicted molar refractivity (Wildman–Crippen MR) is 181 cm³/mol. The Balaban J connectivity index is 1.77. The van der Waals surface area contributed by atoms with Crippen LogP contribution in [-0.2, 0) is 14.9 Å². The van der Waals surface area contributed by atoms with Gasteiger partial charge in [-0.15, -0.1) is 5.59 Å². The molecule has 1 amide bonds. The van der Waals surface area contributed by atoms with Crippen molar-refractivity contribution >= 4 is 14.9 Å². The second kappa shape index (κ2) is 16.4. The molecule has 0 aliphatic rings. The molecule has 0 fully saturated rings. The average Bonchev–Trinajstić information content (AvgIpc) is 3.07. The number of amides is 1. The van der Waals surface area contributed by atoms with Crippen LogP contribution in [0.15, 0.2) is 115 Å². The predicted octanol–water partition coefficient (Wildman–Crippen LogP) is 8.18. The third-order valence-corrected chi connectivity index (χ3v) is 9.39. The maximum absolute atomic E-state index is 14.6. The van der Waals surface area contributed by atoms with Crippen LogP contribution in [0.1, 0.15) is 79.3 Å². The average molecular weight is 623 g/mol. The van der Waals surface area contributed by atoms with Crippen molar-refractivity contribution in [3.63, 3.8) is 0 Å². The van der Waals surface area contributed by atoms with Crippen LogP contribution in [0.4, 0.5) is 0 Å². The third-order valence-electron chi connectivity index (χ3n) is 7.76. The maximum atomic E-state index is 14.6. The Morgan fingerprint density at radius 2 is 1.27 bits per heavy atom. The number of benzene rings is 4. The van der Waals surface area contributed by atoms with Gasteiger partial charge in [-0.2, -0.15) is 5.26 Å². The van der Waals surface area contributed by atoms with Crippen LogP contribution < -0.4 is 5.59 Å². The fourth-order valence-electron chi connectivity index (χ4n) is 5.67. The molecule has 0 radical (unpaired) electrons. The molecule has 8 heteroatoms. The molecular weight excluding hydrogens is 579 g/mol. The Labute approximate surface area is 269 Å². The first-order valence-electron chi connectivity index (χ1n) is 15.3. The molecule has 0 aliphatic carbocycles. The molecule has 0 heterocycles. The standard InChI is InChI=1S/C37H43N4O3P/c1-28(2)40(29(3)4)45-44-35(22-15-27-38)30-23-25-31(26-24-30)36(42)41(39-43-5)37(32-16-9-6-10-17-32,33-18-11-7-12-19-33)34-20-13-8-14-21-34/h6-14,16-21,23-26,28-29,35,39,45H,15,22H2,1-5H3. The lowest BCUT2D eigenvalue weighted by atomic mass is 9.76. The van der Waals surface area contributed by atoms with E-state index in [-0.39, 0.29) is 21.0 Å². The highest BCUT2D eigenvalue weighted by Crippen LogP contribution is 2.42. The number of carbonyl (C=O) groups is 1. The number of nitrogens with one attached hydrogen (secondary N) is 1. The molecule has 2 unspecified atom stereocenters. The van der Waals surface area contributed by atoms with E-state index in [0.29, 0.717) is 30.5 Å². The lowest BCUT2D eigenvalue weighted by Gasteiger charge is -2.44. The van der Waals surface area contributed by atoms with Gasteiger partial charge in [0.15, 0.2) is 0 Å². The molecule has 4 rings (SSSR count). The van der Waals surface area contributed by atoms with Crippen LogP contribution in [0.25, 0.3) is 0 Å². The van der Waals surface area contributed by atoms with Gasteiger partial charge in [-0.1, -0.05) is 103 Å². The summed E-state index contributed by atoms with van der Waals surface area (Å²) in [6, 6.07) is 40.3. The van der Waals surface area contributed by atoms with Gasteiger partial charge in [-0.3, -0.25) is 14.3 Å². The highest BCUT2D eigenvalue weighted by atomic mass is 31.1. The Kier molecular flexibility index (Phi) is 12.4. The van der Waals surface area contributed by atoms with E-state index in [4.69, 9.17) is 9.36 Å². The molecule has 0 aliphatic heterocycles. The number of hydrogen-bond acceptors (Lipinski definition) is 6. The van der Waals surface area contributed by atoms with Gasteiger partial charge in [0, 0.05) is 24.1 Å². The molecule has 4 aromatic carbocycles. The Morgan fingerprint density at radius 1 is 0.800 bits per heavy atom. The van der Waals surface area contributed by atoms with Crippen molar-refractivity contribution in [1.29, 1.82) is 5.26 Å². The zero-order valence-electron chi connectivity index (χ0n) is 26.7. The summed E-state index contributed by atoms with van der Waals surface area (Å²) in [6.07, 6.45) is 0.674. The Hall–Kier alpha value is -3.89. The largest absolute Gasteiger partial charge is 0.338 e. The molecule has 0 spiro atoms. The van der Waals surface area contributed by atoms with Crippen LogP contribution in [0.3, 0.4) is 0 Å². The van der Waals surface area contributed by atoms with Crippen LogP contribution in [-0.4, -0.2) is 34.8 Å². The number of nitrogens with zero attached hydrogens (tertiary/aromatic N) is 3. The minimum atomic E-state index is -1.08. The van der Waals surface area contributed by atoms with Crippen LogP contribution in [0.2, 0.25) is 0 Å². The Morgan fingerprint density at radius 3 is 1.67 bits per heavy atom. The summed E-state index contributed by atoms with van der Waals surface area (Å²) >= 11 is 0. The topological polar surface area (TPSA) is 77.8 Å². The number of rotatable bonds is 15. The fourth-order valence-corrected chi connectivity index (χ4v) is 6.59. The molecule has 0 bridgehead atoms. The van der Waals surface area contributed by atoms with Gasteiger partial charge in [0.1, 0.15) is 5.54 Å². The number of hydrazine groups is 1. The van der Waals surface area contributed by atoms with Crippen molar-refractivity contribution in [2.75, 3.05) is 7.11 Å². The van der Waals surface area contributed by atoms with Crippen molar-refractivity contribution in [2.45, 2.75) is 64.3 Å². The molecule has 0 saturated carbocycles. The normalized spacial score (nSPS) is 12.6. The molecule has 7 nitrogen and oxygen atoms in total. The smallest absolute Gasteiger partial charge is 0.271 e.